The van der Waals surface area contributed by atoms with Gasteiger partial charge in [0, 0.05) is 5.41 Å². The van der Waals surface area contributed by atoms with E-state index in [9.17, 15) is 15.0 Å². The van der Waals surface area contributed by atoms with Gasteiger partial charge < -0.3 is 14.9 Å². The highest BCUT2D eigenvalue weighted by molar-refractivity contribution is 5.73. The standard InChI is InChI=1S/C25H34O4.C3H8/c1-23(2,3)18-13-16(9-11-20(18)26)25(7,15-22(28)29-8)17-10-12-21(27)19(14-17)24(4,5)6;1-3-2/h9-14,26-27H,15H2,1-8H3;3H2,1-2H3. The summed E-state index contributed by atoms with van der Waals surface area (Å²) in [4.78, 5) is 12.4. The van der Waals surface area contributed by atoms with Crippen LogP contribution in [-0.4, -0.2) is 23.3 Å². The molecule has 178 valence electrons. The van der Waals surface area contributed by atoms with Gasteiger partial charge >= 0.3 is 5.97 Å². The lowest BCUT2D eigenvalue weighted by Crippen LogP contribution is -2.29. The molecular formula is C28H42O4. The fraction of sp³-hybridized carbons (Fsp3) is 0.536. The number of benzene rings is 2. The van der Waals surface area contributed by atoms with E-state index in [0.717, 1.165) is 22.3 Å². The number of hydrogen-bond donors (Lipinski definition) is 2. The summed E-state index contributed by atoms with van der Waals surface area (Å²) >= 11 is 0. The van der Waals surface area contributed by atoms with Crippen molar-refractivity contribution in [3.05, 3.63) is 58.7 Å². The van der Waals surface area contributed by atoms with Crippen molar-refractivity contribution >= 4 is 5.97 Å². The lowest BCUT2D eigenvalue weighted by molar-refractivity contribution is -0.141. The van der Waals surface area contributed by atoms with Crippen molar-refractivity contribution in [2.45, 2.75) is 91.4 Å². The number of carbonyl (C=O) groups excluding carboxylic acids is 1. The molecule has 0 saturated carbocycles. The first-order valence-electron chi connectivity index (χ1n) is 11.4. The van der Waals surface area contributed by atoms with Crippen molar-refractivity contribution < 1.29 is 19.7 Å². The van der Waals surface area contributed by atoms with E-state index in [-0.39, 0.29) is 34.7 Å². The van der Waals surface area contributed by atoms with E-state index in [0.29, 0.717) is 0 Å². The molecule has 0 radical (unpaired) electrons. The Bertz CT molecular complexity index is 851. The third kappa shape index (κ3) is 6.51. The number of methoxy groups -OCH3 is 1. The first kappa shape index (κ1) is 27.5. The van der Waals surface area contributed by atoms with E-state index >= 15 is 0 Å². The van der Waals surface area contributed by atoms with Gasteiger partial charge in [0.1, 0.15) is 11.5 Å². The number of carbonyl (C=O) groups is 1. The molecule has 32 heavy (non-hydrogen) atoms. The summed E-state index contributed by atoms with van der Waals surface area (Å²) in [5, 5.41) is 20.8. The highest BCUT2D eigenvalue weighted by atomic mass is 16.5. The van der Waals surface area contributed by atoms with Crippen LogP contribution in [0.4, 0.5) is 0 Å². The molecule has 4 nitrogen and oxygen atoms in total. The van der Waals surface area contributed by atoms with Crippen molar-refractivity contribution in [1.82, 2.24) is 0 Å². The van der Waals surface area contributed by atoms with E-state index < -0.39 is 5.41 Å². The van der Waals surface area contributed by atoms with Crippen LogP contribution in [0.5, 0.6) is 11.5 Å². The number of aromatic hydroxyl groups is 2. The zero-order valence-electron chi connectivity index (χ0n) is 21.6. The highest BCUT2D eigenvalue weighted by Gasteiger charge is 2.35. The average molecular weight is 443 g/mol. The quantitative estimate of drug-likeness (QED) is 0.501. The van der Waals surface area contributed by atoms with Crippen molar-refractivity contribution in [2.24, 2.45) is 0 Å². The van der Waals surface area contributed by atoms with Crippen LogP contribution in [-0.2, 0) is 25.8 Å². The molecule has 0 aliphatic carbocycles. The summed E-state index contributed by atoms with van der Waals surface area (Å²) in [7, 11) is 1.39. The molecule has 0 aromatic heterocycles. The number of phenolic OH excluding ortho intramolecular Hbond substituents is 2. The lowest BCUT2D eigenvalue weighted by atomic mass is 9.70. The molecule has 0 spiro atoms. The van der Waals surface area contributed by atoms with Gasteiger partial charge in [-0.1, -0.05) is 93.0 Å². The highest BCUT2D eigenvalue weighted by Crippen LogP contribution is 2.42. The molecule has 2 N–H and O–H groups in total. The van der Waals surface area contributed by atoms with Gasteiger partial charge in [-0.3, -0.25) is 4.79 Å². The normalized spacial score (nSPS) is 12.1. The van der Waals surface area contributed by atoms with Gasteiger partial charge in [-0.15, -0.1) is 0 Å². The van der Waals surface area contributed by atoms with E-state index in [1.807, 2.05) is 72.7 Å². The molecule has 0 atom stereocenters. The zero-order chi connectivity index (χ0) is 24.9. The Morgan fingerprint density at radius 3 is 1.41 bits per heavy atom. The van der Waals surface area contributed by atoms with Gasteiger partial charge in [-0.2, -0.15) is 0 Å². The monoisotopic (exact) mass is 442 g/mol. The maximum absolute atomic E-state index is 12.4. The number of ether oxygens (including phenoxy) is 1. The predicted octanol–water partition coefficient (Wildman–Crippen LogP) is 6.98. The SMILES string of the molecule is CCC.COC(=O)CC(C)(c1ccc(O)c(C(C)(C)C)c1)c1ccc(O)c(C(C)(C)C)c1. The number of phenols is 2. The summed E-state index contributed by atoms with van der Waals surface area (Å²) in [6.45, 7) is 18.5. The Morgan fingerprint density at radius 1 is 0.781 bits per heavy atom. The Morgan fingerprint density at radius 2 is 1.12 bits per heavy atom. The first-order valence-corrected chi connectivity index (χ1v) is 11.4. The number of esters is 1. The molecule has 0 aliphatic heterocycles. The predicted molar refractivity (Wildman–Crippen MR) is 133 cm³/mol. The maximum atomic E-state index is 12.4. The van der Waals surface area contributed by atoms with Gasteiger partial charge in [0.25, 0.3) is 0 Å². The molecule has 0 fully saturated rings. The minimum atomic E-state index is -0.686. The minimum absolute atomic E-state index is 0.145. The van der Waals surface area contributed by atoms with E-state index in [4.69, 9.17) is 4.74 Å². The van der Waals surface area contributed by atoms with Gasteiger partial charge in [-0.05, 0) is 45.2 Å². The van der Waals surface area contributed by atoms with E-state index in [1.165, 1.54) is 13.5 Å². The summed E-state index contributed by atoms with van der Waals surface area (Å²) in [6, 6.07) is 11.0. The Hall–Kier alpha value is -2.49. The van der Waals surface area contributed by atoms with E-state index in [1.54, 1.807) is 12.1 Å². The molecule has 2 aromatic carbocycles. The summed E-state index contributed by atoms with van der Waals surface area (Å²) in [5.41, 5.74) is 2.28. The fourth-order valence-corrected chi connectivity index (χ4v) is 3.69. The van der Waals surface area contributed by atoms with Crippen molar-refractivity contribution in [3.63, 3.8) is 0 Å². The molecule has 2 aromatic rings. The largest absolute Gasteiger partial charge is 0.508 e. The van der Waals surface area contributed by atoms with Gasteiger partial charge in [0.05, 0.1) is 13.5 Å². The molecule has 2 rings (SSSR count). The zero-order valence-corrected chi connectivity index (χ0v) is 21.6. The van der Waals surface area contributed by atoms with Crippen LogP contribution in [0.3, 0.4) is 0 Å². The van der Waals surface area contributed by atoms with Gasteiger partial charge in [0.15, 0.2) is 0 Å². The number of hydrogen-bond acceptors (Lipinski definition) is 4. The van der Waals surface area contributed by atoms with Crippen LogP contribution in [0.1, 0.15) is 97.4 Å². The van der Waals surface area contributed by atoms with Crippen LogP contribution in [0.15, 0.2) is 36.4 Å². The number of rotatable bonds is 4. The van der Waals surface area contributed by atoms with Crippen molar-refractivity contribution in [2.75, 3.05) is 7.11 Å². The van der Waals surface area contributed by atoms with Crippen LogP contribution < -0.4 is 0 Å². The van der Waals surface area contributed by atoms with Crippen LogP contribution in [0, 0.1) is 0 Å². The second-order valence-electron chi connectivity index (χ2n) is 10.8. The fourth-order valence-electron chi connectivity index (χ4n) is 3.69. The van der Waals surface area contributed by atoms with E-state index in [2.05, 4.69) is 13.8 Å². The molecule has 0 bridgehead atoms. The molecule has 0 aliphatic rings. The second kappa shape index (κ2) is 10.4. The molecule has 0 saturated heterocycles. The Labute approximate surface area is 194 Å². The summed E-state index contributed by atoms with van der Waals surface area (Å²) < 4.78 is 4.99. The van der Waals surface area contributed by atoms with Crippen LogP contribution >= 0.6 is 0 Å². The second-order valence-corrected chi connectivity index (χ2v) is 10.8. The Kier molecular flexibility index (Phi) is 8.97. The third-order valence-corrected chi connectivity index (χ3v) is 5.61. The van der Waals surface area contributed by atoms with Gasteiger partial charge in [0.2, 0.25) is 0 Å². The average Bonchev–Trinajstić information content (AvgIpc) is 2.67. The molecule has 0 heterocycles. The van der Waals surface area contributed by atoms with Crippen molar-refractivity contribution in [1.29, 1.82) is 0 Å². The molecular weight excluding hydrogens is 400 g/mol. The van der Waals surface area contributed by atoms with Crippen LogP contribution in [0.2, 0.25) is 0 Å². The molecule has 0 amide bonds. The molecule has 4 heteroatoms. The van der Waals surface area contributed by atoms with Gasteiger partial charge in [-0.25, -0.2) is 0 Å². The smallest absolute Gasteiger partial charge is 0.306 e. The third-order valence-electron chi connectivity index (χ3n) is 5.61. The minimum Gasteiger partial charge on any atom is -0.508 e. The first-order chi connectivity index (χ1) is 14.6. The topological polar surface area (TPSA) is 66.8 Å². The Balaban J connectivity index is 0.00000161. The molecule has 0 unspecified atom stereocenters. The summed E-state index contributed by atoms with van der Waals surface area (Å²) in [5.74, 6) is 0.161. The van der Waals surface area contributed by atoms with Crippen molar-refractivity contribution in [3.8, 4) is 11.5 Å². The lowest BCUT2D eigenvalue weighted by Gasteiger charge is -2.33. The maximum Gasteiger partial charge on any atom is 0.306 e. The summed E-state index contributed by atoms with van der Waals surface area (Å²) in [6.07, 6.45) is 1.40. The van der Waals surface area contributed by atoms with Crippen LogP contribution in [0.25, 0.3) is 0 Å².